The maximum atomic E-state index is 11.9. The van der Waals surface area contributed by atoms with Gasteiger partial charge in [-0.15, -0.1) is 0 Å². The molecule has 0 unspecified atom stereocenters. The van der Waals surface area contributed by atoms with E-state index in [1.807, 2.05) is 18.2 Å². The van der Waals surface area contributed by atoms with Gasteiger partial charge < -0.3 is 16.0 Å². The predicted octanol–water partition coefficient (Wildman–Crippen LogP) is 3.25. The molecule has 2 amide bonds. The summed E-state index contributed by atoms with van der Waals surface area (Å²) in [5.41, 5.74) is 2.05. The fourth-order valence-corrected chi connectivity index (χ4v) is 2.59. The molecule has 0 aromatic heterocycles. The van der Waals surface area contributed by atoms with Crippen molar-refractivity contribution >= 4 is 11.7 Å². The Balaban J connectivity index is 1.81. The van der Waals surface area contributed by atoms with Gasteiger partial charge in [0, 0.05) is 18.3 Å². The van der Waals surface area contributed by atoms with Crippen LogP contribution in [0.1, 0.15) is 44.6 Å². The fourth-order valence-electron chi connectivity index (χ4n) is 2.59. The zero-order valence-corrected chi connectivity index (χ0v) is 12.2. The first kappa shape index (κ1) is 14.9. The number of nitrogens with one attached hydrogen (secondary N) is 3. The molecule has 4 nitrogen and oxygen atoms in total. The van der Waals surface area contributed by atoms with Crippen LogP contribution >= 0.6 is 0 Å². The number of carbonyl (C=O) groups excluding carboxylic acids is 1. The van der Waals surface area contributed by atoms with Crippen LogP contribution in [0.2, 0.25) is 0 Å². The summed E-state index contributed by atoms with van der Waals surface area (Å²) in [6.45, 7) is 4.01. The van der Waals surface area contributed by atoms with Crippen molar-refractivity contribution in [3.63, 3.8) is 0 Å². The Bertz CT molecular complexity index is 427. The van der Waals surface area contributed by atoms with E-state index in [1.54, 1.807) is 0 Å². The summed E-state index contributed by atoms with van der Waals surface area (Å²) >= 11 is 0. The summed E-state index contributed by atoms with van der Waals surface area (Å²) in [6, 6.07) is 8.27. The molecule has 0 bridgehead atoms. The molecule has 1 aliphatic rings. The Morgan fingerprint density at radius 1 is 1.30 bits per heavy atom. The summed E-state index contributed by atoms with van der Waals surface area (Å²) in [7, 11) is 0. The Morgan fingerprint density at radius 2 is 2.10 bits per heavy atom. The summed E-state index contributed by atoms with van der Waals surface area (Å²) in [5, 5.41) is 9.32. The lowest BCUT2D eigenvalue weighted by Gasteiger charge is -2.13. The van der Waals surface area contributed by atoms with Gasteiger partial charge in [0.05, 0.1) is 0 Å². The van der Waals surface area contributed by atoms with Crippen LogP contribution in [-0.4, -0.2) is 18.6 Å². The third-order valence-electron chi connectivity index (χ3n) is 3.63. The topological polar surface area (TPSA) is 53.2 Å². The van der Waals surface area contributed by atoms with E-state index >= 15 is 0 Å². The molecule has 0 heterocycles. The van der Waals surface area contributed by atoms with Crippen LogP contribution in [0.5, 0.6) is 0 Å². The van der Waals surface area contributed by atoms with E-state index in [9.17, 15) is 4.79 Å². The molecular weight excluding hydrogens is 250 g/mol. The lowest BCUT2D eigenvalue weighted by Crippen LogP contribution is -2.36. The maximum Gasteiger partial charge on any atom is 0.319 e. The number of hydrogen-bond acceptors (Lipinski definition) is 2. The highest BCUT2D eigenvalue weighted by molar-refractivity contribution is 5.89. The molecule has 0 aliphatic heterocycles. The lowest BCUT2D eigenvalue weighted by atomic mass is 10.2. The summed E-state index contributed by atoms with van der Waals surface area (Å²) in [6.07, 6.45) is 5.79. The predicted molar refractivity (Wildman–Crippen MR) is 82.9 cm³/mol. The monoisotopic (exact) mass is 275 g/mol. The van der Waals surface area contributed by atoms with Gasteiger partial charge in [0.25, 0.3) is 0 Å². The lowest BCUT2D eigenvalue weighted by molar-refractivity contribution is 0.248. The van der Waals surface area contributed by atoms with E-state index in [2.05, 4.69) is 28.9 Å². The van der Waals surface area contributed by atoms with Crippen LogP contribution in [0.25, 0.3) is 0 Å². The average molecular weight is 275 g/mol. The molecule has 3 N–H and O–H groups in total. The SMILES string of the molecule is CCCNCc1cccc(NC(=O)NC2CCCC2)c1. The van der Waals surface area contributed by atoms with Crippen LogP contribution in [0.3, 0.4) is 0 Å². The summed E-state index contributed by atoms with van der Waals surface area (Å²) in [4.78, 5) is 11.9. The van der Waals surface area contributed by atoms with Crippen molar-refractivity contribution in [2.24, 2.45) is 0 Å². The number of hydrogen-bond donors (Lipinski definition) is 3. The third kappa shape index (κ3) is 4.85. The standard InChI is InChI=1S/C16H25N3O/c1-2-10-17-12-13-6-5-9-15(11-13)19-16(20)18-14-7-3-4-8-14/h5-6,9,11,14,17H,2-4,7-8,10,12H2,1H3,(H2,18,19,20). The summed E-state index contributed by atoms with van der Waals surface area (Å²) in [5.74, 6) is 0. The number of urea groups is 1. The summed E-state index contributed by atoms with van der Waals surface area (Å²) < 4.78 is 0. The van der Waals surface area contributed by atoms with Crippen LogP contribution < -0.4 is 16.0 Å². The minimum absolute atomic E-state index is 0.0874. The van der Waals surface area contributed by atoms with E-state index in [0.29, 0.717) is 6.04 Å². The third-order valence-corrected chi connectivity index (χ3v) is 3.63. The number of carbonyl (C=O) groups is 1. The van der Waals surface area contributed by atoms with Gasteiger partial charge in [-0.05, 0) is 43.5 Å². The van der Waals surface area contributed by atoms with Crippen molar-refractivity contribution in [3.8, 4) is 0 Å². The molecule has 1 saturated carbocycles. The van der Waals surface area contributed by atoms with E-state index in [1.165, 1.54) is 18.4 Å². The second-order valence-corrected chi connectivity index (χ2v) is 5.46. The second kappa shape index (κ2) is 7.90. The van der Waals surface area contributed by atoms with Gasteiger partial charge in [0.2, 0.25) is 0 Å². The van der Waals surface area contributed by atoms with Crippen molar-refractivity contribution in [2.75, 3.05) is 11.9 Å². The minimum atomic E-state index is -0.0874. The zero-order chi connectivity index (χ0) is 14.2. The Morgan fingerprint density at radius 3 is 2.85 bits per heavy atom. The molecule has 0 spiro atoms. The highest BCUT2D eigenvalue weighted by Gasteiger charge is 2.16. The fraction of sp³-hybridized carbons (Fsp3) is 0.562. The molecule has 0 saturated heterocycles. The van der Waals surface area contributed by atoms with Crippen molar-refractivity contribution in [1.29, 1.82) is 0 Å². The van der Waals surface area contributed by atoms with Gasteiger partial charge in [-0.1, -0.05) is 31.9 Å². The van der Waals surface area contributed by atoms with Crippen LogP contribution in [0.4, 0.5) is 10.5 Å². The van der Waals surface area contributed by atoms with Crippen LogP contribution in [0.15, 0.2) is 24.3 Å². The van der Waals surface area contributed by atoms with Crippen LogP contribution in [0, 0.1) is 0 Å². The van der Waals surface area contributed by atoms with E-state index in [4.69, 9.17) is 0 Å². The Labute approximate surface area is 121 Å². The molecule has 0 atom stereocenters. The molecule has 4 heteroatoms. The maximum absolute atomic E-state index is 11.9. The average Bonchev–Trinajstić information content (AvgIpc) is 2.92. The number of amides is 2. The highest BCUT2D eigenvalue weighted by Crippen LogP contribution is 2.18. The van der Waals surface area contributed by atoms with Gasteiger partial charge >= 0.3 is 6.03 Å². The van der Waals surface area contributed by atoms with Crippen molar-refractivity contribution < 1.29 is 4.79 Å². The Hall–Kier alpha value is -1.55. The van der Waals surface area contributed by atoms with Crippen molar-refractivity contribution in [2.45, 2.75) is 51.6 Å². The number of benzene rings is 1. The van der Waals surface area contributed by atoms with Gasteiger partial charge in [-0.2, -0.15) is 0 Å². The smallest absolute Gasteiger partial charge is 0.319 e. The molecule has 20 heavy (non-hydrogen) atoms. The van der Waals surface area contributed by atoms with Crippen LogP contribution in [-0.2, 0) is 6.54 Å². The second-order valence-electron chi connectivity index (χ2n) is 5.46. The quantitative estimate of drug-likeness (QED) is 0.698. The van der Waals surface area contributed by atoms with Crippen molar-refractivity contribution in [3.05, 3.63) is 29.8 Å². The van der Waals surface area contributed by atoms with Crippen molar-refractivity contribution in [1.82, 2.24) is 10.6 Å². The molecular formula is C16H25N3O. The molecule has 1 aromatic rings. The number of anilines is 1. The molecule has 110 valence electrons. The Kier molecular flexibility index (Phi) is 5.87. The van der Waals surface area contributed by atoms with E-state index < -0.39 is 0 Å². The highest BCUT2D eigenvalue weighted by atomic mass is 16.2. The largest absolute Gasteiger partial charge is 0.335 e. The molecule has 1 aliphatic carbocycles. The van der Waals surface area contributed by atoms with Gasteiger partial charge in [-0.25, -0.2) is 4.79 Å². The molecule has 1 fully saturated rings. The zero-order valence-electron chi connectivity index (χ0n) is 12.2. The molecule has 0 radical (unpaired) electrons. The normalized spacial score (nSPS) is 15.2. The van der Waals surface area contributed by atoms with Gasteiger partial charge in [-0.3, -0.25) is 0 Å². The first-order chi connectivity index (χ1) is 9.78. The first-order valence-corrected chi connectivity index (χ1v) is 7.65. The first-order valence-electron chi connectivity index (χ1n) is 7.65. The van der Waals surface area contributed by atoms with Gasteiger partial charge in [0.1, 0.15) is 0 Å². The van der Waals surface area contributed by atoms with E-state index in [-0.39, 0.29) is 6.03 Å². The molecule has 2 rings (SSSR count). The molecule has 1 aromatic carbocycles. The minimum Gasteiger partial charge on any atom is -0.335 e. The number of rotatable bonds is 6. The van der Waals surface area contributed by atoms with Gasteiger partial charge in [0.15, 0.2) is 0 Å². The van der Waals surface area contributed by atoms with E-state index in [0.717, 1.165) is 38.0 Å².